The van der Waals surface area contributed by atoms with Crippen molar-refractivity contribution >= 4 is 14.3 Å². The van der Waals surface area contributed by atoms with Crippen molar-refractivity contribution in [1.29, 1.82) is 0 Å². The maximum atomic E-state index is 11.8. The number of ether oxygens (including phenoxy) is 1. The summed E-state index contributed by atoms with van der Waals surface area (Å²) >= 11 is 0. The molecule has 0 aromatic carbocycles. The fourth-order valence-corrected chi connectivity index (χ4v) is 4.26. The molecule has 4 heteroatoms. The number of unbranched alkanes of at least 4 members (excludes halogenated alkanes) is 12. The molecular weight excluding hydrogens is 400 g/mol. The van der Waals surface area contributed by atoms with Gasteiger partial charge in [-0.05, 0) is 50.2 Å². The SMILES string of the molecule is CCCCCCCC/C=C\CCCCCCCCOC(=O)CCO[Si](C)(C)C(C)(C)C. The van der Waals surface area contributed by atoms with Gasteiger partial charge >= 0.3 is 5.97 Å². The largest absolute Gasteiger partial charge is 0.466 e. The lowest BCUT2D eigenvalue weighted by molar-refractivity contribution is -0.144. The first-order chi connectivity index (χ1) is 14.7. The molecule has 0 aromatic rings. The van der Waals surface area contributed by atoms with Crippen molar-refractivity contribution in [2.45, 2.75) is 142 Å². The van der Waals surface area contributed by atoms with Crippen LogP contribution in [0, 0.1) is 0 Å². The van der Waals surface area contributed by atoms with E-state index in [4.69, 9.17) is 9.16 Å². The maximum absolute atomic E-state index is 11.8. The zero-order chi connectivity index (χ0) is 23.4. The first-order valence-corrected chi connectivity index (χ1v) is 16.1. The van der Waals surface area contributed by atoms with Gasteiger partial charge in [0.25, 0.3) is 0 Å². The second-order valence-electron chi connectivity index (χ2n) is 10.5. The van der Waals surface area contributed by atoms with Gasteiger partial charge in [0.1, 0.15) is 0 Å². The second-order valence-corrected chi connectivity index (χ2v) is 15.3. The molecule has 0 fully saturated rings. The molecular formula is C27H54O3Si. The van der Waals surface area contributed by atoms with Crippen LogP contribution in [0.4, 0.5) is 0 Å². The minimum Gasteiger partial charge on any atom is -0.466 e. The molecule has 31 heavy (non-hydrogen) atoms. The molecule has 0 spiro atoms. The Bertz CT molecular complexity index is 452. The molecule has 0 aliphatic carbocycles. The van der Waals surface area contributed by atoms with Gasteiger partial charge in [0, 0.05) is 6.61 Å². The molecule has 3 nitrogen and oxygen atoms in total. The molecule has 0 aliphatic heterocycles. The van der Waals surface area contributed by atoms with Crippen LogP contribution in [-0.2, 0) is 14.0 Å². The summed E-state index contributed by atoms with van der Waals surface area (Å²) in [5, 5.41) is 0.181. The Balaban J connectivity index is 3.39. The predicted octanol–water partition coefficient (Wildman–Crippen LogP) is 8.98. The van der Waals surface area contributed by atoms with Crippen LogP contribution in [0.3, 0.4) is 0 Å². The fourth-order valence-electron chi connectivity index (χ4n) is 3.21. The highest BCUT2D eigenvalue weighted by molar-refractivity contribution is 6.74. The molecule has 0 aliphatic rings. The molecule has 0 radical (unpaired) electrons. The average Bonchev–Trinajstić information content (AvgIpc) is 2.69. The van der Waals surface area contributed by atoms with Gasteiger partial charge in [0.05, 0.1) is 13.0 Å². The Morgan fingerprint density at radius 3 is 1.74 bits per heavy atom. The quantitative estimate of drug-likeness (QED) is 0.0796. The van der Waals surface area contributed by atoms with E-state index >= 15 is 0 Å². The molecule has 0 bridgehead atoms. The minimum atomic E-state index is -1.76. The summed E-state index contributed by atoms with van der Waals surface area (Å²) in [7, 11) is -1.76. The third kappa shape index (κ3) is 18.6. The topological polar surface area (TPSA) is 35.5 Å². The second kappa shape index (κ2) is 18.9. The van der Waals surface area contributed by atoms with Crippen LogP contribution >= 0.6 is 0 Å². The van der Waals surface area contributed by atoms with Gasteiger partial charge in [-0.3, -0.25) is 4.79 Å². The van der Waals surface area contributed by atoms with E-state index in [0.29, 0.717) is 19.6 Å². The number of hydrogen-bond donors (Lipinski definition) is 0. The molecule has 0 aromatic heterocycles. The van der Waals surface area contributed by atoms with Crippen LogP contribution in [0.25, 0.3) is 0 Å². The summed E-state index contributed by atoms with van der Waals surface area (Å²) < 4.78 is 11.4. The Kier molecular flexibility index (Phi) is 18.5. The van der Waals surface area contributed by atoms with E-state index in [9.17, 15) is 4.79 Å². The number of carbonyl (C=O) groups excluding carboxylic acids is 1. The van der Waals surface area contributed by atoms with Crippen LogP contribution in [0.5, 0.6) is 0 Å². The number of allylic oxidation sites excluding steroid dienone is 2. The summed E-state index contributed by atoms with van der Waals surface area (Å²) in [4.78, 5) is 11.8. The Hall–Kier alpha value is -0.613. The van der Waals surface area contributed by atoms with Crippen LogP contribution < -0.4 is 0 Å². The lowest BCUT2D eigenvalue weighted by Crippen LogP contribution is -2.41. The summed E-state index contributed by atoms with van der Waals surface area (Å²) in [6, 6.07) is 0. The van der Waals surface area contributed by atoms with Crippen molar-refractivity contribution < 1.29 is 14.0 Å². The van der Waals surface area contributed by atoms with Crippen LogP contribution in [0.15, 0.2) is 12.2 Å². The molecule has 0 saturated carbocycles. The lowest BCUT2D eigenvalue weighted by Gasteiger charge is -2.36. The maximum Gasteiger partial charge on any atom is 0.308 e. The molecule has 0 rings (SSSR count). The smallest absolute Gasteiger partial charge is 0.308 e. The number of rotatable bonds is 20. The Morgan fingerprint density at radius 2 is 1.23 bits per heavy atom. The van der Waals surface area contributed by atoms with Crippen molar-refractivity contribution in [1.82, 2.24) is 0 Å². The zero-order valence-corrected chi connectivity index (χ0v) is 22.9. The van der Waals surface area contributed by atoms with Crippen LogP contribution in [-0.4, -0.2) is 27.5 Å². The van der Waals surface area contributed by atoms with E-state index in [1.165, 1.54) is 77.0 Å². The molecule has 0 saturated heterocycles. The molecule has 184 valence electrons. The molecule has 0 heterocycles. The van der Waals surface area contributed by atoms with E-state index < -0.39 is 8.32 Å². The lowest BCUT2D eigenvalue weighted by atomic mass is 10.1. The highest BCUT2D eigenvalue weighted by Gasteiger charge is 2.37. The number of hydrogen-bond acceptors (Lipinski definition) is 3. The van der Waals surface area contributed by atoms with E-state index in [2.05, 4.69) is 52.9 Å². The van der Waals surface area contributed by atoms with Gasteiger partial charge in [-0.25, -0.2) is 0 Å². The molecule has 0 unspecified atom stereocenters. The van der Waals surface area contributed by atoms with Crippen LogP contribution in [0.2, 0.25) is 18.1 Å². The third-order valence-corrected chi connectivity index (χ3v) is 11.0. The van der Waals surface area contributed by atoms with Gasteiger partial charge in [0.2, 0.25) is 0 Å². The standard InChI is InChI=1S/C27H54O3Si/c1-7-8-9-10-11-12-13-14-15-16-17-18-19-20-21-22-24-29-26(28)23-25-30-31(5,6)27(2,3)4/h14-15H,7-13,16-25H2,1-6H3/b15-14-. The third-order valence-electron chi connectivity index (χ3n) is 6.49. The first kappa shape index (κ1) is 30.4. The fraction of sp³-hybridized carbons (Fsp3) is 0.889. The van der Waals surface area contributed by atoms with Crippen molar-refractivity contribution in [3.05, 3.63) is 12.2 Å². The van der Waals surface area contributed by atoms with Crippen molar-refractivity contribution in [2.24, 2.45) is 0 Å². The van der Waals surface area contributed by atoms with Crippen molar-refractivity contribution in [2.75, 3.05) is 13.2 Å². The monoisotopic (exact) mass is 454 g/mol. The summed E-state index contributed by atoms with van der Waals surface area (Å²) in [5.74, 6) is -0.119. The minimum absolute atomic E-state index is 0.119. The highest BCUT2D eigenvalue weighted by Crippen LogP contribution is 2.36. The van der Waals surface area contributed by atoms with Gasteiger partial charge in [-0.2, -0.15) is 0 Å². The number of esters is 1. The normalized spacial score (nSPS) is 12.6. The van der Waals surface area contributed by atoms with E-state index in [1.807, 2.05) is 0 Å². The van der Waals surface area contributed by atoms with Crippen molar-refractivity contribution in [3.63, 3.8) is 0 Å². The zero-order valence-electron chi connectivity index (χ0n) is 21.9. The van der Waals surface area contributed by atoms with Crippen LogP contribution in [0.1, 0.15) is 124 Å². The highest BCUT2D eigenvalue weighted by atomic mass is 28.4. The van der Waals surface area contributed by atoms with Gasteiger partial charge < -0.3 is 9.16 Å². The van der Waals surface area contributed by atoms with E-state index in [-0.39, 0.29) is 11.0 Å². The molecule has 0 N–H and O–H groups in total. The first-order valence-electron chi connectivity index (χ1n) is 13.2. The van der Waals surface area contributed by atoms with Gasteiger partial charge in [-0.15, -0.1) is 0 Å². The van der Waals surface area contributed by atoms with Gasteiger partial charge in [0.15, 0.2) is 8.32 Å². The Morgan fingerprint density at radius 1 is 0.742 bits per heavy atom. The molecule has 0 amide bonds. The van der Waals surface area contributed by atoms with E-state index in [0.717, 1.165) is 12.8 Å². The van der Waals surface area contributed by atoms with Crippen molar-refractivity contribution in [3.8, 4) is 0 Å². The summed E-state index contributed by atoms with van der Waals surface area (Å²) in [6.45, 7) is 14.4. The summed E-state index contributed by atoms with van der Waals surface area (Å²) in [6.07, 6.45) is 23.2. The molecule has 0 atom stereocenters. The Labute approximate surface area is 195 Å². The predicted molar refractivity (Wildman–Crippen MR) is 138 cm³/mol. The summed E-state index contributed by atoms with van der Waals surface area (Å²) in [5.41, 5.74) is 0. The number of carbonyl (C=O) groups is 1. The van der Waals surface area contributed by atoms with Gasteiger partial charge in [-0.1, -0.05) is 97.6 Å². The van der Waals surface area contributed by atoms with E-state index in [1.54, 1.807) is 0 Å². The average molecular weight is 455 g/mol.